The number of fused-ring (bicyclic) bond motifs is 4. The fraction of sp³-hybridized carbons (Fsp3) is 0.462. The number of nitrogens with one attached hydrogen (secondary N) is 1. The summed E-state index contributed by atoms with van der Waals surface area (Å²) in [5, 5.41) is 12.8. The van der Waals surface area contributed by atoms with E-state index in [0.717, 1.165) is 17.7 Å². The summed E-state index contributed by atoms with van der Waals surface area (Å²) in [6, 6.07) is 13.8. The number of amides is 2. The number of ether oxygens (including phenoxy) is 3. The Bertz CT molecular complexity index is 1070. The third kappa shape index (κ3) is 4.53. The smallest absolute Gasteiger partial charge is 0.250 e. The van der Waals surface area contributed by atoms with Crippen molar-refractivity contribution in [2.24, 2.45) is 0 Å². The standard InChI is InChI=1S/C26H30N2O6/c1-32-15-24(30)27-18-6-7-22-20(10-18)21-11-19(33-23(14-29)26(21)34-22)12-25(31)28-9-8-16-4-2-3-5-17(16)13-28/h2-7,10,19,21,23,26,29H,8-9,11-15H2,1H3,(H,27,30)/t19-,21-,23+,26+/m1/s1. The van der Waals surface area contributed by atoms with E-state index in [2.05, 4.69) is 17.4 Å². The molecule has 2 aromatic carbocycles. The molecular weight excluding hydrogens is 436 g/mol. The van der Waals surface area contributed by atoms with Gasteiger partial charge < -0.3 is 29.5 Å². The summed E-state index contributed by atoms with van der Waals surface area (Å²) in [6.07, 6.45) is 0.581. The molecular formula is C26H30N2O6. The molecule has 1 saturated heterocycles. The summed E-state index contributed by atoms with van der Waals surface area (Å²) >= 11 is 0. The van der Waals surface area contributed by atoms with E-state index in [0.29, 0.717) is 25.2 Å². The van der Waals surface area contributed by atoms with Crippen molar-refractivity contribution >= 4 is 17.5 Å². The third-order valence-corrected chi connectivity index (χ3v) is 6.94. The van der Waals surface area contributed by atoms with Crippen LogP contribution in [-0.2, 0) is 32.0 Å². The van der Waals surface area contributed by atoms with Crippen LogP contribution in [0.4, 0.5) is 5.69 Å². The van der Waals surface area contributed by atoms with Gasteiger partial charge in [0.15, 0.2) is 0 Å². The SMILES string of the molecule is COCC(=O)Nc1ccc2c(c1)[C@H]1C[C@H](CC(=O)N3CCc4ccccc4C3)O[C@@H](CO)[C@H]1O2. The number of rotatable bonds is 6. The molecule has 0 bridgehead atoms. The molecule has 3 aliphatic rings. The first-order chi connectivity index (χ1) is 16.6. The van der Waals surface area contributed by atoms with Gasteiger partial charge in [-0.25, -0.2) is 0 Å². The van der Waals surface area contributed by atoms with Gasteiger partial charge in [0, 0.05) is 37.4 Å². The van der Waals surface area contributed by atoms with E-state index in [4.69, 9.17) is 14.2 Å². The molecule has 0 aromatic heterocycles. The zero-order chi connectivity index (χ0) is 23.7. The lowest BCUT2D eigenvalue weighted by atomic mass is 9.84. The lowest BCUT2D eigenvalue weighted by molar-refractivity contribution is -0.149. The quantitative estimate of drug-likeness (QED) is 0.678. The second-order valence-corrected chi connectivity index (χ2v) is 9.18. The van der Waals surface area contributed by atoms with Gasteiger partial charge in [0.25, 0.3) is 0 Å². The summed E-state index contributed by atoms with van der Waals surface area (Å²) in [5.41, 5.74) is 4.13. The van der Waals surface area contributed by atoms with Crippen molar-refractivity contribution in [2.45, 2.75) is 50.0 Å². The Hall–Kier alpha value is -2.94. The monoisotopic (exact) mass is 466 g/mol. The van der Waals surface area contributed by atoms with Crippen LogP contribution in [0, 0.1) is 0 Å². The van der Waals surface area contributed by atoms with Crippen LogP contribution in [-0.4, -0.2) is 67.0 Å². The van der Waals surface area contributed by atoms with Gasteiger partial charge in [-0.05, 0) is 42.2 Å². The number of methoxy groups -OCH3 is 1. The topological polar surface area (TPSA) is 97.3 Å². The molecule has 4 atom stereocenters. The van der Waals surface area contributed by atoms with Gasteiger partial charge in [-0.3, -0.25) is 9.59 Å². The van der Waals surface area contributed by atoms with E-state index in [1.165, 1.54) is 18.2 Å². The summed E-state index contributed by atoms with van der Waals surface area (Å²) in [6.45, 7) is 1.11. The highest BCUT2D eigenvalue weighted by Crippen LogP contribution is 2.47. The van der Waals surface area contributed by atoms with Gasteiger partial charge in [-0.2, -0.15) is 0 Å². The van der Waals surface area contributed by atoms with E-state index in [-0.39, 0.29) is 49.6 Å². The lowest BCUT2D eigenvalue weighted by Gasteiger charge is -2.38. The maximum absolute atomic E-state index is 13.1. The molecule has 2 N–H and O–H groups in total. The molecule has 0 radical (unpaired) electrons. The van der Waals surface area contributed by atoms with Crippen LogP contribution in [0.25, 0.3) is 0 Å². The van der Waals surface area contributed by atoms with Crippen LogP contribution < -0.4 is 10.1 Å². The number of aliphatic hydroxyl groups excluding tert-OH is 1. The number of benzene rings is 2. The van der Waals surface area contributed by atoms with Crippen molar-refractivity contribution in [3.63, 3.8) is 0 Å². The largest absolute Gasteiger partial charge is 0.487 e. The second kappa shape index (κ2) is 9.74. The molecule has 8 nitrogen and oxygen atoms in total. The first-order valence-corrected chi connectivity index (χ1v) is 11.8. The van der Waals surface area contributed by atoms with Crippen molar-refractivity contribution in [3.05, 3.63) is 59.2 Å². The zero-order valence-electron chi connectivity index (χ0n) is 19.2. The Labute approximate surface area is 198 Å². The average molecular weight is 467 g/mol. The highest BCUT2D eigenvalue weighted by molar-refractivity contribution is 5.92. The second-order valence-electron chi connectivity index (χ2n) is 9.18. The fourth-order valence-corrected chi connectivity index (χ4v) is 5.33. The summed E-state index contributed by atoms with van der Waals surface area (Å²) in [4.78, 5) is 27.0. The Morgan fingerprint density at radius 3 is 2.82 bits per heavy atom. The molecule has 1 fully saturated rings. The van der Waals surface area contributed by atoms with Crippen molar-refractivity contribution < 1.29 is 28.9 Å². The molecule has 5 rings (SSSR count). The van der Waals surface area contributed by atoms with Crippen LogP contribution in [0.15, 0.2) is 42.5 Å². The number of hydrogen-bond acceptors (Lipinski definition) is 6. The minimum atomic E-state index is -0.516. The van der Waals surface area contributed by atoms with Gasteiger partial charge in [-0.1, -0.05) is 24.3 Å². The van der Waals surface area contributed by atoms with Gasteiger partial charge in [0.05, 0.1) is 19.1 Å². The fourth-order valence-electron chi connectivity index (χ4n) is 5.33. The van der Waals surface area contributed by atoms with Gasteiger partial charge in [0.2, 0.25) is 11.8 Å². The highest BCUT2D eigenvalue weighted by Gasteiger charge is 2.46. The Morgan fingerprint density at radius 1 is 1.21 bits per heavy atom. The Balaban J connectivity index is 1.29. The minimum Gasteiger partial charge on any atom is -0.487 e. The van der Waals surface area contributed by atoms with E-state index in [9.17, 15) is 14.7 Å². The van der Waals surface area contributed by atoms with E-state index >= 15 is 0 Å². The van der Waals surface area contributed by atoms with Gasteiger partial charge in [-0.15, -0.1) is 0 Å². The van der Waals surface area contributed by atoms with E-state index in [1.54, 1.807) is 6.07 Å². The van der Waals surface area contributed by atoms with Crippen LogP contribution in [0.1, 0.15) is 35.4 Å². The minimum absolute atomic E-state index is 0.0226. The van der Waals surface area contributed by atoms with Crippen LogP contribution >= 0.6 is 0 Å². The van der Waals surface area contributed by atoms with Gasteiger partial charge >= 0.3 is 0 Å². The number of nitrogens with zero attached hydrogens (tertiary/aromatic N) is 1. The lowest BCUT2D eigenvalue weighted by Crippen LogP contribution is -2.48. The normalized spacial score (nSPS) is 25.1. The van der Waals surface area contributed by atoms with Crippen LogP contribution in [0.5, 0.6) is 5.75 Å². The molecule has 34 heavy (non-hydrogen) atoms. The van der Waals surface area contributed by atoms with E-state index < -0.39 is 6.10 Å². The molecule has 8 heteroatoms. The summed E-state index contributed by atoms with van der Waals surface area (Å²) in [7, 11) is 1.47. The third-order valence-electron chi connectivity index (χ3n) is 6.94. The number of hydrogen-bond donors (Lipinski definition) is 2. The van der Waals surface area contributed by atoms with Crippen molar-refractivity contribution in [3.8, 4) is 5.75 Å². The summed E-state index contributed by atoms with van der Waals surface area (Å²) in [5.74, 6) is 0.528. The van der Waals surface area contributed by atoms with Crippen molar-refractivity contribution in [1.29, 1.82) is 0 Å². The Kier molecular flexibility index (Phi) is 6.54. The molecule has 0 unspecified atom stereocenters. The average Bonchev–Trinajstić information content (AvgIpc) is 3.21. The molecule has 3 heterocycles. The molecule has 0 aliphatic carbocycles. The highest BCUT2D eigenvalue weighted by atomic mass is 16.6. The van der Waals surface area contributed by atoms with E-state index in [1.807, 2.05) is 29.2 Å². The van der Waals surface area contributed by atoms with Crippen molar-refractivity contribution in [1.82, 2.24) is 4.90 Å². The summed E-state index contributed by atoms with van der Waals surface area (Å²) < 4.78 is 17.1. The molecule has 0 saturated carbocycles. The molecule has 2 amide bonds. The number of carbonyl (C=O) groups is 2. The van der Waals surface area contributed by atoms with Crippen LogP contribution in [0.3, 0.4) is 0 Å². The first-order valence-electron chi connectivity index (χ1n) is 11.8. The van der Waals surface area contributed by atoms with Crippen molar-refractivity contribution in [2.75, 3.05) is 32.2 Å². The first kappa shape index (κ1) is 22.8. The maximum atomic E-state index is 13.1. The molecule has 2 aromatic rings. The Morgan fingerprint density at radius 2 is 2.03 bits per heavy atom. The predicted octanol–water partition coefficient (Wildman–Crippen LogP) is 2.24. The molecule has 0 spiro atoms. The maximum Gasteiger partial charge on any atom is 0.250 e. The number of carbonyl (C=O) groups excluding carboxylic acids is 2. The van der Waals surface area contributed by atoms with Gasteiger partial charge in [0.1, 0.15) is 24.6 Å². The predicted molar refractivity (Wildman–Crippen MR) is 125 cm³/mol. The molecule has 3 aliphatic heterocycles. The van der Waals surface area contributed by atoms with Crippen LogP contribution in [0.2, 0.25) is 0 Å². The molecule has 180 valence electrons. The number of aliphatic hydroxyl groups is 1. The zero-order valence-corrected chi connectivity index (χ0v) is 19.2. The number of anilines is 1.